The van der Waals surface area contributed by atoms with Crippen molar-refractivity contribution in [3.63, 3.8) is 0 Å². The Labute approximate surface area is 135 Å². The molecule has 0 spiro atoms. The molecule has 0 aliphatic carbocycles. The highest BCUT2D eigenvalue weighted by atomic mass is 16.6. The van der Waals surface area contributed by atoms with Crippen molar-refractivity contribution < 1.29 is 14.5 Å². The van der Waals surface area contributed by atoms with E-state index in [0.717, 1.165) is 12.8 Å². The molecule has 0 radical (unpaired) electrons. The van der Waals surface area contributed by atoms with Gasteiger partial charge in [-0.3, -0.25) is 19.7 Å². The van der Waals surface area contributed by atoms with Gasteiger partial charge in [0.05, 0.1) is 11.5 Å². The molecule has 0 unspecified atom stereocenters. The Morgan fingerprint density at radius 1 is 1.35 bits per heavy atom. The van der Waals surface area contributed by atoms with Gasteiger partial charge in [-0.1, -0.05) is 6.92 Å². The van der Waals surface area contributed by atoms with Crippen LogP contribution in [0.25, 0.3) is 0 Å². The molecule has 124 valence electrons. The first-order valence-electron chi connectivity index (χ1n) is 7.76. The Morgan fingerprint density at radius 2 is 2.09 bits per heavy atom. The molecule has 1 aliphatic heterocycles. The number of Topliss-reactive ketones (excluding diaryl/α,β-unsaturated/α-hetero) is 1. The van der Waals surface area contributed by atoms with Crippen LogP contribution in [0.5, 0.6) is 0 Å². The van der Waals surface area contributed by atoms with Crippen molar-refractivity contribution in [2.24, 2.45) is 0 Å². The molecule has 1 aromatic carbocycles. The molecule has 23 heavy (non-hydrogen) atoms. The second kappa shape index (κ2) is 7.21. The number of benzene rings is 1. The zero-order chi connectivity index (χ0) is 17.0. The largest absolute Gasteiger partial charge is 0.357 e. The number of carbonyl (C=O) groups excluding carboxylic acids is 2. The molecule has 7 heteroatoms. The summed E-state index contributed by atoms with van der Waals surface area (Å²) in [6.45, 7) is 5.46. The van der Waals surface area contributed by atoms with E-state index >= 15 is 0 Å². The quantitative estimate of drug-likeness (QED) is 0.472. The number of nitro groups is 1. The lowest BCUT2D eigenvalue weighted by Crippen LogP contribution is -2.37. The summed E-state index contributed by atoms with van der Waals surface area (Å²) in [6.07, 6.45) is 1.65. The molecular weight excluding hydrogens is 298 g/mol. The van der Waals surface area contributed by atoms with Crippen molar-refractivity contribution in [3.05, 3.63) is 33.9 Å². The molecule has 0 aromatic heterocycles. The maximum atomic E-state index is 12.3. The molecule has 0 N–H and O–H groups in total. The third-order valence-corrected chi connectivity index (χ3v) is 3.95. The van der Waals surface area contributed by atoms with Crippen LogP contribution in [0.15, 0.2) is 18.2 Å². The van der Waals surface area contributed by atoms with E-state index < -0.39 is 4.92 Å². The van der Waals surface area contributed by atoms with Crippen LogP contribution in [0.2, 0.25) is 0 Å². The van der Waals surface area contributed by atoms with Gasteiger partial charge >= 0.3 is 0 Å². The summed E-state index contributed by atoms with van der Waals surface area (Å²) < 4.78 is 0. The van der Waals surface area contributed by atoms with Gasteiger partial charge in [-0.05, 0) is 31.9 Å². The van der Waals surface area contributed by atoms with E-state index in [9.17, 15) is 19.7 Å². The van der Waals surface area contributed by atoms with E-state index in [1.54, 1.807) is 21.9 Å². The maximum absolute atomic E-state index is 12.3. The van der Waals surface area contributed by atoms with Crippen molar-refractivity contribution >= 4 is 23.1 Å². The van der Waals surface area contributed by atoms with Gasteiger partial charge in [-0.15, -0.1) is 0 Å². The van der Waals surface area contributed by atoms with Crippen LogP contribution in [0, 0.1) is 10.1 Å². The predicted octanol–water partition coefficient (Wildman–Crippen LogP) is 2.25. The first kappa shape index (κ1) is 16.9. The average molecular weight is 319 g/mol. The molecule has 1 fully saturated rings. The SMILES string of the molecule is CCCN1CCCN(c2ccc(C(C)=O)cc2[N+](=O)[O-])CC1=O. The second-order valence-corrected chi connectivity index (χ2v) is 5.67. The molecule has 1 aliphatic rings. The van der Waals surface area contributed by atoms with Crippen LogP contribution in [0.3, 0.4) is 0 Å². The van der Waals surface area contributed by atoms with E-state index in [1.807, 2.05) is 6.92 Å². The number of ketones is 1. The summed E-state index contributed by atoms with van der Waals surface area (Å²) in [4.78, 5) is 38.1. The normalized spacial score (nSPS) is 15.5. The fourth-order valence-electron chi connectivity index (χ4n) is 2.79. The molecule has 1 heterocycles. The minimum Gasteiger partial charge on any atom is -0.357 e. The fourth-order valence-corrected chi connectivity index (χ4v) is 2.79. The Balaban J connectivity index is 2.32. The molecule has 1 aromatic rings. The van der Waals surface area contributed by atoms with Crippen LogP contribution in [-0.2, 0) is 4.79 Å². The summed E-state index contributed by atoms with van der Waals surface area (Å²) >= 11 is 0. The third-order valence-electron chi connectivity index (χ3n) is 3.95. The highest BCUT2D eigenvalue weighted by molar-refractivity contribution is 5.95. The molecule has 1 saturated heterocycles. The standard InChI is InChI=1S/C16H21N3O4/c1-3-7-17-8-4-9-18(11-16(17)21)14-6-5-13(12(2)20)10-15(14)19(22)23/h5-6,10H,3-4,7-9,11H2,1-2H3. The number of hydrogen-bond donors (Lipinski definition) is 0. The van der Waals surface area contributed by atoms with Crippen molar-refractivity contribution in [1.29, 1.82) is 0 Å². The Morgan fingerprint density at radius 3 is 2.70 bits per heavy atom. The molecule has 2 rings (SSSR count). The Hall–Kier alpha value is -2.44. The van der Waals surface area contributed by atoms with E-state index in [0.29, 0.717) is 30.9 Å². The fraction of sp³-hybridized carbons (Fsp3) is 0.500. The number of anilines is 1. The first-order valence-corrected chi connectivity index (χ1v) is 7.76. The predicted molar refractivity (Wildman–Crippen MR) is 86.8 cm³/mol. The van der Waals surface area contributed by atoms with E-state index in [4.69, 9.17) is 0 Å². The lowest BCUT2D eigenvalue weighted by molar-refractivity contribution is -0.384. The van der Waals surface area contributed by atoms with Gasteiger partial charge in [0.25, 0.3) is 5.69 Å². The van der Waals surface area contributed by atoms with Gasteiger partial charge < -0.3 is 9.80 Å². The van der Waals surface area contributed by atoms with Crippen molar-refractivity contribution in [3.8, 4) is 0 Å². The number of amides is 1. The molecule has 0 saturated carbocycles. The minimum absolute atomic E-state index is 0.0192. The van der Waals surface area contributed by atoms with Crippen molar-refractivity contribution in [2.45, 2.75) is 26.7 Å². The number of hydrogen-bond acceptors (Lipinski definition) is 5. The van der Waals surface area contributed by atoms with Crippen LogP contribution in [0.4, 0.5) is 11.4 Å². The highest BCUT2D eigenvalue weighted by Crippen LogP contribution is 2.30. The summed E-state index contributed by atoms with van der Waals surface area (Å²) in [7, 11) is 0. The minimum atomic E-state index is -0.499. The zero-order valence-corrected chi connectivity index (χ0v) is 13.4. The van der Waals surface area contributed by atoms with Gasteiger partial charge in [-0.25, -0.2) is 0 Å². The van der Waals surface area contributed by atoms with Crippen molar-refractivity contribution in [1.82, 2.24) is 4.90 Å². The van der Waals surface area contributed by atoms with Crippen LogP contribution >= 0.6 is 0 Å². The van der Waals surface area contributed by atoms with E-state index in [-0.39, 0.29) is 23.9 Å². The number of nitro benzene ring substituents is 1. The first-order chi connectivity index (χ1) is 10.9. The monoisotopic (exact) mass is 319 g/mol. The van der Waals surface area contributed by atoms with Gasteiger partial charge in [-0.2, -0.15) is 0 Å². The average Bonchev–Trinajstić information content (AvgIpc) is 2.69. The van der Waals surface area contributed by atoms with E-state index in [2.05, 4.69) is 0 Å². The summed E-state index contributed by atoms with van der Waals surface area (Å²) in [5.74, 6) is -0.241. The molecule has 1 amide bonds. The summed E-state index contributed by atoms with van der Waals surface area (Å²) in [5, 5.41) is 11.3. The lowest BCUT2D eigenvalue weighted by atomic mass is 10.1. The van der Waals surface area contributed by atoms with E-state index in [1.165, 1.54) is 13.0 Å². The Kier molecular flexibility index (Phi) is 5.31. The summed E-state index contributed by atoms with van der Waals surface area (Å²) in [6, 6.07) is 4.43. The molecular formula is C16H21N3O4. The van der Waals surface area contributed by atoms with Crippen LogP contribution in [0.1, 0.15) is 37.0 Å². The number of nitrogens with zero attached hydrogens (tertiary/aromatic N) is 3. The van der Waals surface area contributed by atoms with Gasteiger partial charge in [0.15, 0.2) is 5.78 Å². The van der Waals surface area contributed by atoms with Crippen LogP contribution in [-0.4, -0.2) is 47.7 Å². The smallest absolute Gasteiger partial charge is 0.293 e. The van der Waals surface area contributed by atoms with Crippen molar-refractivity contribution in [2.75, 3.05) is 31.1 Å². The number of carbonyl (C=O) groups is 2. The number of rotatable bonds is 5. The molecule has 0 bridgehead atoms. The molecule has 7 nitrogen and oxygen atoms in total. The van der Waals surface area contributed by atoms with Crippen LogP contribution < -0.4 is 4.90 Å². The zero-order valence-electron chi connectivity index (χ0n) is 13.4. The second-order valence-electron chi connectivity index (χ2n) is 5.67. The van der Waals surface area contributed by atoms with Gasteiger partial charge in [0.1, 0.15) is 5.69 Å². The lowest BCUT2D eigenvalue weighted by Gasteiger charge is -2.23. The Bertz CT molecular complexity index is 630. The highest BCUT2D eigenvalue weighted by Gasteiger charge is 2.26. The third kappa shape index (κ3) is 3.85. The maximum Gasteiger partial charge on any atom is 0.293 e. The van der Waals surface area contributed by atoms with Gasteiger partial charge in [0, 0.05) is 31.3 Å². The molecule has 0 atom stereocenters. The topological polar surface area (TPSA) is 83.8 Å². The summed E-state index contributed by atoms with van der Waals surface area (Å²) in [5.41, 5.74) is 0.565. The van der Waals surface area contributed by atoms with Gasteiger partial charge in [0.2, 0.25) is 5.91 Å².